The van der Waals surface area contributed by atoms with Gasteiger partial charge in [0.1, 0.15) is 15.1 Å². The van der Waals surface area contributed by atoms with Gasteiger partial charge in [0.15, 0.2) is 0 Å². The average molecular weight is 468 g/mol. The molecule has 0 saturated carbocycles. The lowest BCUT2D eigenvalue weighted by Gasteiger charge is -2.11. The number of methoxy groups -OCH3 is 1. The van der Waals surface area contributed by atoms with E-state index >= 15 is 0 Å². The number of aromatic amines is 1. The number of alkyl halides is 2. The molecular weight excluding hydrogens is 458 g/mol. The first-order valence-electron chi connectivity index (χ1n) is 6.92. The molecule has 0 aliphatic carbocycles. The lowest BCUT2D eigenvalue weighted by molar-refractivity contribution is 0.144. The van der Waals surface area contributed by atoms with Crippen molar-refractivity contribution >= 4 is 54.4 Å². The molecule has 26 heavy (non-hydrogen) atoms. The molecule has 2 aromatic heterocycles. The Morgan fingerprint density at radius 2 is 2.08 bits per heavy atom. The molecule has 0 spiro atoms. The number of ether oxygens (including phenoxy) is 1. The molecule has 2 N–H and O–H groups in total. The molecule has 0 bridgehead atoms. The predicted molar refractivity (Wildman–Crippen MR) is 95.4 cm³/mol. The number of rotatable bonds is 5. The van der Waals surface area contributed by atoms with Crippen LogP contribution in [0, 0.1) is 0 Å². The number of halogens is 4. The number of fused-ring (bicyclic) bond motifs is 1. The van der Waals surface area contributed by atoms with Gasteiger partial charge in [-0.25, -0.2) is 26.9 Å². The molecular formula is C14H10BrClF2N4O3S. The number of hydrogen-bond donors (Lipinski definition) is 2. The van der Waals surface area contributed by atoms with E-state index in [4.69, 9.17) is 16.3 Å². The molecule has 0 aliphatic rings. The Morgan fingerprint density at radius 1 is 1.35 bits per heavy atom. The molecule has 2 heterocycles. The van der Waals surface area contributed by atoms with Gasteiger partial charge in [0.25, 0.3) is 16.4 Å². The second-order valence-corrected chi connectivity index (χ2v) is 7.88. The highest BCUT2D eigenvalue weighted by atomic mass is 79.9. The van der Waals surface area contributed by atoms with Gasteiger partial charge < -0.3 is 9.72 Å². The Balaban J connectivity index is 2.05. The van der Waals surface area contributed by atoms with Crippen molar-refractivity contribution in [2.75, 3.05) is 11.8 Å². The summed E-state index contributed by atoms with van der Waals surface area (Å²) in [5.74, 6) is -0.762. The van der Waals surface area contributed by atoms with E-state index in [0.717, 1.165) is 0 Å². The van der Waals surface area contributed by atoms with Crippen LogP contribution in [0.25, 0.3) is 10.9 Å². The Bertz CT molecular complexity index is 1090. The van der Waals surface area contributed by atoms with Gasteiger partial charge in [0.2, 0.25) is 11.8 Å². The molecule has 3 aromatic rings. The van der Waals surface area contributed by atoms with Crippen LogP contribution in [0.2, 0.25) is 5.02 Å². The van der Waals surface area contributed by atoms with Crippen molar-refractivity contribution in [1.29, 1.82) is 0 Å². The first-order valence-corrected chi connectivity index (χ1v) is 9.57. The maximum absolute atomic E-state index is 13.1. The summed E-state index contributed by atoms with van der Waals surface area (Å²) in [4.78, 5) is 10.0. The minimum absolute atomic E-state index is 0.103. The van der Waals surface area contributed by atoms with Crippen molar-refractivity contribution in [2.45, 2.75) is 11.3 Å². The van der Waals surface area contributed by atoms with Crippen molar-refractivity contribution in [1.82, 2.24) is 15.0 Å². The summed E-state index contributed by atoms with van der Waals surface area (Å²) in [6, 6.07) is 4.62. The molecule has 0 saturated heterocycles. The van der Waals surface area contributed by atoms with Gasteiger partial charge in [-0.05, 0) is 34.1 Å². The monoisotopic (exact) mass is 466 g/mol. The number of hydrogen-bond acceptors (Lipinski definition) is 5. The molecule has 0 atom stereocenters. The highest BCUT2D eigenvalue weighted by Gasteiger charge is 2.25. The molecule has 3 rings (SSSR count). The van der Waals surface area contributed by atoms with Gasteiger partial charge in [-0.15, -0.1) is 0 Å². The lowest BCUT2D eigenvalue weighted by Crippen LogP contribution is -2.16. The fourth-order valence-corrected chi connectivity index (χ4v) is 4.05. The summed E-state index contributed by atoms with van der Waals surface area (Å²) in [5, 5.41) is 0.805. The minimum atomic E-state index is -4.15. The third kappa shape index (κ3) is 3.46. The molecule has 7 nitrogen and oxygen atoms in total. The van der Waals surface area contributed by atoms with Gasteiger partial charge in [0.05, 0.1) is 7.11 Å². The summed E-state index contributed by atoms with van der Waals surface area (Å²) in [6.07, 6.45) is -1.70. The van der Waals surface area contributed by atoms with Crippen LogP contribution in [0.3, 0.4) is 0 Å². The normalized spacial score (nSPS) is 11.9. The van der Waals surface area contributed by atoms with Crippen LogP contribution in [0.1, 0.15) is 12.1 Å². The van der Waals surface area contributed by atoms with E-state index in [-0.39, 0.29) is 15.2 Å². The number of nitrogens with one attached hydrogen (secondary N) is 2. The molecule has 138 valence electrons. The van der Waals surface area contributed by atoms with Crippen molar-refractivity contribution in [3.8, 4) is 5.88 Å². The zero-order chi connectivity index (χ0) is 19.1. The Kier molecular flexibility index (Phi) is 5.04. The van der Waals surface area contributed by atoms with Gasteiger partial charge in [-0.2, -0.15) is 4.98 Å². The largest absolute Gasteiger partial charge is 0.480 e. The second-order valence-electron chi connectivity index (χ2n) is 5.00. The molecule has 0 unspecified atom stereocenters. The van der Waals surface area contributed by atoms with Crippen molar-refractivity contribution in [2.24, 2.45) is 0 Å². The van der Waals surface area contributed by atoms with Crippen LogP contribution >= 0.6 is 27.5 Å². The molecule has 0 fully saturated rings. The number of aromatic nitrogens is 3. The first-order chi connectivity index (χ1) is 12.2. The van der Waals surface area contributed by atoms with E-state index < -0.39 is 28.1 Å². The Morgan fingerprint density at radius 3 is 2.73 bits per heavy atom. The van der Waals surface area contributed by atoms with Crippen LogP contribution in [0.5, 0.6) is 5.88 Å². The molecule has 0 radical (unpaired) electrons. The van der Waals surface area contributed by atoms with Crippen LogP contribution in [-0.2, 0) is 10.0 Å². The maximum Gasteiger partial charge on any atom is 0.281 e. The van der Waals surface area contributed by atoms with Crippen LogP contribution in [0.15, 0.2) is 33.8 Å². The zero-order valence-corrected chi connectivity index (χ0v) is 16.1. The fraction of sp³-hybridized carbons (Fsp3) is 0.143. The van der Waals surface area contributed by atoms with Gasteiger partial charge in [0, 0.05) is 22.1 Å². The lowest BCUT2D eigenvalue weighted by atomic mass is 10.2. The van der Waals surface area contributed by atoms with Crippen LogP contribution in [-0.4, -0.2) is 30.5 Å². The Hall–Kier alpha value is -1.98. The third-order valence-corrected chi connectivity index (χ3v) is 5.72. The average Bonchev–Trinajstić information content (AvgIpc) is 2.99. The predicted octanol–water partition coefficient (Wildman–Crippen LogP) is 4.12. The smallest absolute Gasteiger partial charge is 0.281 e. The van der Waals surface area contributed by atoms with Gasteiger partial charge in [-0.1, -0.05) is 11.6 Å². The zero-order valence-electron chi connectivity index (χ0n) is 12.9. The van der Waals surface area contributed by atoms with Gasteiger partial charge >= 0.3 is 0 Å². The number of anilines is 1. The van der Waals surface area contributed by atoms with E-state index in [0.29, 0.717) is 15.9 Å². The second kappa shape index (κ2) is 6.97. The van der Waals surface area contributed by atoms with E-state index in [1.54, 1.807) is 6.07 Å². The quantitative estimate of drug-likeness (QED) is 0.588. The summed E-state index contributed by atoms with van der Waals surface area (Å²) in [5.41, 5.74) is -0.194. The maximum atomic E-state index is 13.1. The first kappa shape index (κ1) is 18.8. The van der Waals surface area contributed by atoms with E-state index in [1.165, 1.54) is 25.4 Å². The highest BCUT2D eigenvalue weighted by molar-refractivity contribution is 9.10. The number of nitrogens with zero attached hydrogens (tertiary/aromatic N) is 2. The molecule has 1 aromatic carbocycles. The van der Waals surface area contributed by atoms with Crippen molar-refractivity contribution < 1.29 is 21.9 Å². The summed E-state index contributed by atoms with van der Waals surface area (Å²) < 4.78 is 58.3. The van der Waals surface area contributed by atoms with Crippen molar-refractivity contribution in [3.63, 3.8) is 0 Å². The van der Waals surface area contributed by atoms with E-state index in [9.17, 15) is 17.2 Å². The summed E-state index contributed by atoms with van der Waals surface area (Å²) in [6.45, 7) is 0. The molecule has 12 heteroatoms. The molecule has 0 aliphatic heterocycles. The number of benzene rings is 1. The minimum Gasteiger partial charge on any atom is -0.480 e. The SMILES string of the molecule is COc1nc(NS(=O)(=O)c2c[nH]c3cc(Cl)ccc23)nc(C(F)F)c1Br. The topological polar surface area (TPSA) is 97.0 Å². The Labute approximate surface area is 159 Å². The van der Waals surface area contributed by atoms with Crippen LogP contribution in [0.4, 0.5) is 14.7 Å². The molecule has 0 amide bonds. The van der Waals surface area contributed by atoms with E-state index in [2.05, 4.69) is 35.6 Å². The van der Waals surface area contributed by atoms with E-state index in [1.807, 2.05) is 0 Å². The highest BCUT2D eigenvalue weighted by Crippen LogP contribution is 2.33. The number of H-pyrrole nitrogens is 1. The third-order valence-electron chi connectivity index (χ3n) is 3.37. The number of sulfonamides is 1. The van der Waals surface area contributed by atoms with Gasteiger partial charge in [-0.3, -0.25) is 0 Å². The van der Waals surface area contributed by atoms with Crippen LogP contribution < -0.4 is 9.46 Å². The summed E-state index contributed by atoms with van der Waals surface area (Å²) >= 11 is 8.78. The summed E-state index contributed by atoms with van der Waals surface area (Å²) in [7, 11) is -2.94. The fourth-order valence-electron chi connectivity index (χ4n) is 2.24. The van der Waals surface area contributed by atoms with Crippen molar-refractivity contribution in [3.05, 3.63) is 39.6 Å². The standard InChI is InChI=1S/C14H10BrClF2N4O3S/c1-25-13-10(15)11(12(17)18)20-14(21-13)22-26(23,24)9-5-19-8-4-6(16)2-3-7(8)9/h2-5,12,19H,1H3,(H,20,21,22).